The summed E-state index contributed by atoms with van der Waals surface area (Å²) in [6, 6.07) is 7.09. The molecular weight excluding hydrogens is 170 g/mol. The Morgan fingerprint density at radius 3 is 2.79 bits per heavy atom. The summed E-state index contributed by atoms with van der Waals surface area (Å²) < 4.78 is 0. The average Bonchev–Trinajstić information content (AvgIpc) is 2.23. The van der Waals surface area contributed by atoms with E-state index in [-0.39, 0.29) is 6.04 Å². The van der Waals surface area contributed by atoms with Crippen molar-refractivity contribution < 1.29 is 0 Å². The van der Waals surface area contributed by atoms with Crippen LogP contribution >= 0.6 is 0 Å². The molecule has 0 fully saturated rings. The number of nitrogens with two attached hydrogens (primary N) is 1. The third-order valence-electron chi connectivity index (χ3n) is 3.40. The maximum Gasteiger partial charge on any atom is 0.0297 e. The van der Waals surface area contributed by atoms with E-state index in [0.29, 0.717) is 5.92 Å². The summed E-state index contributed by atoms with van der Waals surface area (Å²) in [5.74, 6) is 0.690. The number of rotatable bonds is 1. The Kier molecular flexibility index (Phi) is 2.60. The van der Waals surface area contributed by atoms with E-state index in [1.54, 1.807) is 0 Å². The van der Waals surface area contributed by atoms with Gasteiger partial charge in [0.1, 0.15) is 0 Å². The fourth-order valence-corrected chi connectivity index (χ4v) is 2.35. The molecule has 1 aliphatic rings. The van der Waals surface area contributed by atoms with Crippen molar-refractivity contribution in [3.05, 3.63) is 34.9 Å². The standard InChI is InChI=1S/C13H19N/c1-3-10-5-6-11-9(2)4-7-13(14)12(11)8-10/h5-6,8-9,13H,3-4,7,14H2,1-2H3/t9?,13-/m1/s1. The number of fused-ring (bicyclic) bond motifs is 1. The largest absolute Gasteiger partial charge is 0.324 e. The van der Waals surface area contributed by atoms with Gasteiger partial charge >= 0.3 is 0 Å². The van der Waals surface area contributed by atoms with E-state index < -0.39 is 0 Å². The van der Waals surface area contributed by atoms with Gasteiger partial charge in [-0.25, -0.2) is 0 Å². The molecule has 76 valence electrons. The summed E-state index contributed by atoms with van der Waals surface area (Å²) in [6.45, 7) is 4.50. The second-order valence-corrected chi connectivity index (χ2v) is 4.40. The first-order chi connectivity index (χ1) is 6.72. The van der Waals surface area contributed by atoms with E-state index in [4.69, 9.17) is 5.73 Å². The van der Waals surface area contributed by atoms with Crippen molar-refractivity contribution in [3.8, 4) is 0 Å². The Hall–Kier alpha value is -0.820. The molecular formula is C13H19N. The molecule has 0 aromatic heterocycles. The van der Waals surface area contributed by atoms with E-state index in [1.807, 2.05) is 0 Å². The van der Waals surface area contributed by atoms with Crippen LogP contribution in [0.1, 0.15) is 55.3 Å². The number of aryl methyl sites for hydroxylation is 1. The molecule has 0 radical (unpaired) electrons. The molecule has 1 aliphatic carbocycles. The molecule has 0 heterocycles. The van der Waals surface area contributed by atoms with Crippen LogP contribution in [-0.2, 0) is 6.42 Å². The topological polar surface area (TPSA) is 26.0 Å². The van der Waals surface area contributed by atoms with Crippen molar-refractivity contribution in [1.29, 1.82) is 0 Å². The molecule has 14 heavy (non-hydrogen) atoms. The monoisotopic (exact) mass is 189 g/mol. The minimum absolute atomic E-state index is 0.271. The molecule has 1 nitrogen and oxygen atoms in total. The Bertz CT molecular complexity index is 330. The summed E-state index contributed by atoms with van der Waals surface area (Å²) in [6.07, 6.45) is 3.48. The minimum Gasteiger partial charge on any atom is -0.324 e. The predicted molar refractivity (Wildman–Crippen MR) is 60.4 cm³/mol. The minimum atomic E-state index is 0.271. The molecule has 0 bridgehead atoms. The molecule has 0 saturated heterocycles. The van der Waals surface area contributed by atoms with Gasteiger partial charge in [0.2, 0.25) is 0 Å². The molecule has 1 heteroatoms. The van der Waals surface area contributed by atoms with Crippen molar-refractivity contribution >= 4 is 0 Å². The summed E-state index contributed by atoms with van der Waals surface area (Å²) in [5, 5.41) is 0. The van der Waals surface area contributed by atoms with Crippen LogP contribution in [0.15, 0.2) is 18.2 Å². The van der Waals surface area contributed by atoms with Crippen molar-refractivity contribution in [2.45, 2.75) is 45.1 Å². The van der Waals surface area contributed by atoms with Crippen molar-refractivity contribution in [2.75, 3.05) is 0 Å². The van der Waals surface area contributed by atoms with Crippen LogP contribution in [0, 0.1) is 0 Å². The highest BCUT2D eigenvalue weighted by atomic mass is 14.6. The van der Waals surface area contributed by atoms with E-state index >= 15 is 0 Å². The molecule has 0 amide bonds. The maximum absolute atomic E-state index is 6.13. The van der Waals surface area contributed by atoms with Crippen LogP contribution in [0.3, 0.4) is 0 Å². The lowest BCUT2D eigenvalue weighted by Gasteiger charge is -2.27. The normalized spacial score (nSPS) is 25.9. The number of hydrogen-bond donors (Lipinski definition) is 1. The Labute approximate surface area is 86.3 Å². The first-order valence-corrected chi connectivity index (χ1v) is 5.60. The molecule has 2 rings (SSSR count). The van der Waals surface area contributed by atoms with Gasteiger partial charge in [-0.05, 0) is 41.9 Å². The Morgan fingerprint density at radius 1 is 1.29 bits per heavy atom. The average molecular weight is 189 g/mol. The van der Waals surface area contributed by atoms with E-state index in [0.717, 1.165) is 12.8 Å². The summed E-state index contributed by atoms with van der Waals surface area (Å²) in [5.41, 5.74) is 10.4. The zero-order chi connectivity index (χ0) is 10.1. The molecule has 1 aromatic carbocycles. The lowest BCUT2D eigenvalue weighted by Crippen LogP contribution is -2.19. The van der Waals surface area contributed by atoms with E-state index in [9.17, 15) is 0 Å². The van der Waals surface area contributed by atoms with Crippen molar-refractivity contribution in [2.24, 2.45) is 5.73 Å². The highest BCUT2D eigenvalue weighted by molar-refractivity contribution is 5.38. The summed E-state index contributed by atoms with van der Waals surface area (Å²) in [4.78, 5) is 0. The van der Waals surface area contributed by atoms with Gasteiger partial charge in [-0.15, -0.1) is 0 Å². The molecule has 2 atom stereocenters. The van der Waals surface area contributed by atoms with Crippen LogP contribution in [0.2, 0.25) is 0 Å². The Morgan fingerprint density at radius 2 is 2.07 bits per heavy atom. The van der Waals surface area contributed by atoms with Gasteiger partial charge in [0.15, 0.2) is 0 Å². The molecule has 0 aliphatic heterocycles. The van der Waals surface area contributed by atoms with Crippen molar-refractivity contribution in [1.82, 2.24) is 0 Å². The van der Waals surface area contributed by atoms with Gasteiger partial charge in [0.25, 0.3) is 0 Å². The number of benzene rings is 1. The highest BCUT2D eigenvalue weighted by Gasteiger charge is 2.21. The second-order valence-electron chi connectivity index (χ2n) is 4.40. The molecule has 0 saturated carbocycles. The number of hydrogen-bond acceptors (Lipinski definition) is 1. The van der Waals surface area contributed by atoms with Gasteiger partial charge in [-0.2, -0.15) is 0 Å². The maximum atomic E-state index is 6.13. The second kappa shape index (κ2) is 3.74. The van der Waals surface area contributed by atoms with Crippen LogP contribution in [0.5, 0.6) is 0 Å². The predicted octanol–water partition coefficient (Wildman–Crippen LogP) is 3.15. The zero-order valence-corrected chi connectivity index (χ0v) is 9.09. The van der Waals surface area contributed by atoms with Crippen molar-refractivity contribution in [3.63, 3.8) is 0 Å². The summed E-state index contributed by atoms with van der Waals surface area (Å²) in [7, 11) is 0. The van der Waals surface area contributed by atoms with Gasteiger partial charge in [-0.1, -0.05) is 32.0 Å². The molecule has 2 N–H and O–H groups in total. The van der Waals surface area contributed by atoms with Crippen LogP contribution in [0.4, 0.5) is 0 Å². The highest BCUT2D eigenvalue weighted by Crippen LogP contribution is 2.36. The summed E-state index contributed by atoms with van der Waals surface area (Å²) >= 11 is 0. The molecule has 1 unspecified atom stereocenters. The quantitative estimate of drug-likeness (QED) is 0.721. The lowest BCUT2D eigenvalue weighted by atomic mass is 9.80. The molecule has 1 aromatic rings. The first-order valence-electron chi connectivity index (χ1n) is 5.60. The van der Waals surface area contributed by atoms with Crippen LogP contribution in [0.25, 0.3) is 0 Å². The van der Waals surface area contributed by atoms with E-state index in [1.165, 1.54) is 23.1 Å². The third kappa shape index (κ3) is 1.57. The van der Waals surface area contributed by atoms with Gasteiger partial charge in [-0.3, -0.25) is 0 Å². The SMILES string of the molecule is CCc1ccc2c(c1)[C@H](N)CCC2C. The van der Waals surface area contributed by atoms with Gasteiger partial charge in [0, 0.05) is 6.04 Å². The van der Waals surface area contributed by atoms with Crippen LogP contribution < -0.4 is 5.73 Å². The fourth-order valence-electron chi connectivity index (χ4n) is 2.35. The zero-order valence-electron chi connectivity index (χ0n) is 9.09. The third-order valence-corrected chi connectivity index (χ3v) is 3.40. The molecule has 0 spiro atoms. The van der Waals surface area contributed by atoms with Crippen LogP contribution in [-0.4, -0.2) is 0 Å². The first kappa shape index (κ1) is 9.72. The van der Waals surface area contributed by atoms with Gasteiger partial charge < -0.3 is 5.73 Å². The van der Waals surface area contributed by atoms with Gasteiger partial charge in [0.05, 0.1) is 0 Å². The fraction of sp³-hybridized carbons (Fsp3) is 0.538. The van der Waals surface area contributed by atoms with E-state index in [2.05, 4.69) is 32.0 Å². The Balaban J connectivity index is 2.45. The smallest absolute Gasteiger partial charge is 0.0297 e. The lowest BCUT2D eigenvalue weighted by molar-refractivity contribution is 0.513.